The maximum atomic E-state index is 12.7. The lowest BCUT2D eigenvalue weighted by Gasteiger charge is -2.29. The Hall–Kier alpha value is -1.26. The minimum absolute atomic E-state index is 0.164. The van der Waals surface area contributed by atoms with E-state index >= 15 is 0 Å². The van der Waals surface area contributed by atoms with Gasteiger partial charge in [-0.15, -0.1) is 18.3 Å². The summed E-state index contributed by atoms with van der Waals surface area (Å²) in [5.74, 6) is 0.432. The van der Waals surface area contributed by atoms with E-state index in [1.54, 1.807) is 11.8 Å². The molecular weight excluding hydrogens is 280 g/mol. The predicted molar refractivity (Wildman–Crippen MR) is 89.4 cm³/mol. The molecule has 3 nitrogen and oxygen atoms in total. The average molecular weight is 304 g/mol. The topological polar surface area (TPSA) is 32.3 Å². The summed E-state index contributed by atoms with van der Waals surface area (Å²) in [6.45, 7) is 6.97. The van der Waals surface area contributed by atoms with E-state index in [2.05, 4.69) is 42.4 Å². The highest BCUT2D eigenvalue weighted by Crippen LogP contribution is 2.19. The van der Waals surface area contributed by atoms with Crippen LogP contribution in [0, 0.1) is 5.92 Å². The molecule has 1 heterocycles. The largest absolute Gasteiger partial charge is 0.334 e. The van der Waals surface area contributed by atoms with Crippen LogP contribution >= 0.6 is 11.8 Å². The molecule has 114 valence electrons. The fourth-order valence-electron chi connectivity index (χ4n) is 2.67. The molecular formula is C17H24N2OS. The van der Waals surface area contributed by atoms with Gasteiger partial charge in [0.15, 0.2) is 0 Å². The van der Waals surface area contributed by atoms with Crippen LogP contribution in [-0.4, -0.2) is 36.7 Å². The molecule has 1 aliphatic heterocycles. The van der Waals surface area contributed by atoms with Gasteiger partial charge in [-0.1, -0.05) is 18.2 Å². The standard InChI is InChI=1S/C17H24N2OS/c1-3-12-19(17(20)15-8-10-18-11-9-15)13-14-4-6-16(21-2)7-5-14/h3-7,15,18H,1,8-13H2,2H3. The molecule has 1 amide bonds. The Labute approximate surface area is 131 Å². The van der Waals surface area contributed by atoms with Crippen LogP contribution in [0.2, 0.25) is 0 Å². The van der Waals surface area contributed by atoms with E-state index in [1.165, 1.54) is 10.5 Å². The highest BCUT2D eigenvalue weighted by molar-refractivity contribution is 7.98. The van der Waals surface area contributed by atoms with Crippen molar-refractivity contribution in [3.8, 4) is 0 Å². The average Bonchev–Trinajstić information content (AvgIpc) is 2.55. The highest BCUT2D eigenvalue weighted by Gasteiger charge is 2.25. The van der Waals surface area contributed by atoms with Gasteiger partial charge in [0.05, 0.1) is 0 Å². The minimum atomic E-state index is 0.164. The molecule has 0 atom stereocenters. The molecule has 1 aliphatic rings. The molecule has 1 aromatic rings. The zero-order valence-corrected chi connectivity index (χ0v) is 13.5. The SMILES string of the molecule is C=CCN(Cc1ccc(SC)cc1)C(=O)C1CCNCC1. The van der Waals surface area contributed by atoms with Crippen LogP contribution in [0.1, 0.15) is 18.4 Å². The molecule has 1 saturated heterocycles. The van der Waals surface area contributed by atoms with Crippen molar-refractivity contribution in [3.63, 3.8) is 0 Å². The van der Waals surface area contributed by atoms with E-state index in [1.807, 2.05) is 11.0 Å². The molecule has 0 spiro atoms. The summed E-state index contributed by atoms with van der Waals surface area (Å²) in [6.07, 6.45) is 5.77. The first kappa shape index (κ1) is 16.1. The fraction of sp³-hybridized carbons (Fsp3) is 0.471. The monoisotopic (exact) mass is 304 g/mol. The van der Waals surface area contributed by atoms with E-state index in [0.29, 0.717) is 13.1 Å². The minimum Gasteiger partial charge on any atom is -0.334 e. The summed E-state index contributed by atoms with van der Waals surface area (Å²) in [5.41, 5.74) is 1.18. The number of piperidine rings is 1. The Bertz CT molecular complexity index is 466. The summed E-state index contributed by atoms with van der Waals surface area (Å²) in [6, 6.07) is 8.44. The molecule has 2 rings (SSSR count). The molecule has 0 aromatic heterocycles. The summed E-state index contributed by atoms with van der Waals surface area (Å²) in [7, 11) is 0. The second kappa shape index (κ2) is 8.25. The van der Waals surface area contributed by atoms with Gasteiger partial charge in [0.25, 0.3) is 0 Å². The Kier molecular flexibility index (Phi) is 6.33. The summed E-state index contributed by atoms with van der Waals surface area (Å²) < 4.78 is 0. The second-order valence-corrected chi connectivity index (χ2v) is 6.26. The van der Waals surface area contributed by atoms with Crippen LogP contribution in [-0.2, 0) is 11.3 Å². The number of hydrogen-bond donors (Lipinski definition) is 1. The van der Waals surface area contributed by atoms with E-state index < -0.39 is 0 Å². The Morgan fingerprint density at radius 2 is 2.05 bits per heavy atom. The number of nitrogens with zero attached hydrogens (tertiary/aromatic N) is 1. The van der Waals surface area contributed by atoms with Crippen molar-refractivity contribution in [3.05, 3.63) is 42.5 Å². The van der Waals surface area contributed by atoms with E-state index in [0.717, 1.165) is 25.9 Å². The zero-order valence-electron chi connectivity index (χ0n) is 12.7. The molecule has 21 heavy (non-hydrogen) atoms. The molecule has 1 N–H and O–H groups in total. The number of nitrogens with one attached hydrogen (secondary N) is 1. The maximum Gasteiger partial charge on any atom is 0.226 e. The van der Waals surface area contributed by atoms with Gasteiger partial charge in [0.1, 0.15) is 0 Å². The summed E-state index contributed by atoms with van der Waals surface area (Å²) in [4.78, 5) is 15.8. The molecule has 1 aromatic carbocycles. The number of benzene rings is 1. The van der Waals surface area contributed by atoms with E-state index in [-0.39, 0.29) is 11.8 Å². The number of carbonyl (C=O) groups is 1. The maximum absolute atomic E-state index is 12.7. The van der Waals surface area contributed by atoms with Gasteiger partial charge >= 0.3 is 0 Å². The lowest BCUT2D eigenvalue weighted by atomic mass is 9.96. The van der Waals surface area contributed by atoms with Gasteiger partial charge < -0.3 is 10.2 Å². The molecule has 0 aliphatic carbocycles. The molecule has 4 heteroatoms. The van der Waals surface area contributed by atoms with Crippen LogP contribution < -0.4 is 5.32 Å². The van der Waals surface area contributed by atoms with Crippen molar-refractivity contribution in [1.82, 2.24) is 10.2 Å². The molecule has 0 bridgehead atoms. The molecule has 0 unspecified atom stereocenters. The van der Waals surface area contributed by atoms with Crippen LogP contribution in [0.5, 0.6) is 0 Å². The van der Waals surface area contributed by atoms with Crippen molar-refractivity contribution in [1.29, 1.82) is 0 Å². The molecule has 1 fully saturated rings. The van der Waals surface area contributed by atoms with Crippen molar-refractivity contribution in [2.45, 2.75) is 24.3 Å². The van der Waals surface area contributed by atoms with E-state index in [4.69, 9.17) is 0 Å². The van der Waals surface area contributed by atoms with Crippen LogP contribution in [0.4, 0.5) is 0 Å². The van der Waals surface area contributed by atoms with Crippen molar-refractivity contribution >= 4 is 17.7 Å². The van der Waals surface area contributed by atoms with Gasteiger partial charge in [-0.05, 0) is 49.9 Å². The normalized spacial score (nSPS) is 15.7. The lowest BCUT2D eigenvalue weighted by Crippen LogP contribution is -2.40. The number of thioether (sulfide) groups is 1. The number of carbonyl (C=O) groups excluding carboxylic acids is 1. The molecule has 0 saturated carbocycles. The van der Waals surface area contributed by atoms with Gasteiger partial charge in [-0.2, -0.15) is 0 Å². The fourth-order valence-corrected chi connectivity index (χ4v) is 3.07. The van der Waals surface area contributed by atoms with Crippen molar-refractivity contribution < 1.29 is 4.79 Å². The van der Waals surface area contributed by atoms with Gasteiger partial charge in [0.2, 0.25) is 5.91 Å². The van der Waals surface area contributed by atoms with Crippen molar-refractivity contribution in [2.24, 2.45) is 5.92 Å². The number of amides is 1. The Morgan fingerprint density at radius 1 is 1.38 bits per heavy atom. The first-order valence-electron chi connectivity index (χ1n) is 7.48. The highest BCUT2D eigenvalue weighted by atomic mass is 32.2. The quantitative estimate of drug-likeness (QED) is 0.648. The van der Waals surface area contributed by atoms with Gasteiger partial charge in [-0.3, -0.25) is 4.79 Å². The third-order valence-electron chi connectivity index (χ3n) is 3.88. The predicted octanol–water partition coefficient (Wildman–Crippen LogP) is 2.92. The summed E-state index contributed by atoms with van der Waals surface area (Å²) >= 11 is 1.73. The van der Waals surface area contributed by atoms with Gasteiger partial charge in [-0.25, -0.2) is 0 Å². The van der Waals surface area contributed by atoms with Crippen LogP contribution in [0.15, 0.2) is 41.8 Å². The van der Waals surface area contributed by atoms with E-state index in [9.17, 15) is 4.79 Å². The van der Waals surface area contributed by atoms with Crippen molar-refractivity contribution in [2.75, 3.05) is 25.9 Å². The van der Waals surface area contributed by atoms with Gasteiger partial charge in [0, 0.05) is 23.9 Å². The van der Waals surface area contributed by atoms with Crippen LogP contribution in [0.3, 0.4) is 0 Å². The Balaban J connectivity index is 2.02. The second-order valence-electron chi connectivity index (χ2n) is 5.38. The van der Waals surface area contributed by atoms with Crippen LogP contribution in [0.25, 0.3) is 0 Å². The first-order valence-corrected chi connectivity index (χ1v) is 8.70. The third-order valence-corrected chi connectivity index (χ3v) is 4.63. The smallest absolute Gasteiger partial charge is 0.226 e. The lowest BCUT2D eigenvalue weighted by molar-refractivity contribution is -0.136. The first-order chi connectivity index (χ1) is 10.2. The number of rotatable bonds is 6. The summed E-state index contributed by atoms with van der Waals surface area (Å²) in [5, 5.41) is 3.31. The number of hydrogen-bond acceptors (Lipinski definition) is 3. The molecule has 0 radical (unpaired) electrons. The Morgan fingerprint density at radius 3 is 2.62 bits per heavy atom. The zero-order chi connectivity index (χ0) is 15.1. The third kappa shape index (κ3) is 4.61.